The molecule has 0 aromatic heterocycles. The molecule has 0 spiro atoms. The van der Waals surface area contributed by atoms with Crippen LogP contribution < -0.4 is 15.0 Å². The van der Waals surface area contributed by atoms with Crippen molar-refractivity contribution in [3.63, 3.8) is 0 Å². The molecule has 6 heteroatoms. The number of rotatable bonds is 5. The zero-order valence-electron chi connectivity index (χ0n) is 16.5. The highest BCUT2D eigenvalue weighted by Crippen LogP contribution is 2.35. The van der Waals surface area contributed by atoms with E-state index in [0.29, 0.717) is 23.0 Å². The molecule has 0 saturated heterocycles. The lowest BCUT2D eigenvalue weighted by molar-refractivity contribution is -0.139. The van der Waals surface area contributed by atoms with Gasteiger partial charge in [0.2, 0.25) is 0 Å². The van der Waals surface area contributed by atoms with Gasteiger partial charge in [0, 0.05) is 11.4 Å². The molecule has 0 saturated carbocycles. The van der Waals surface area contributed by atoms with Crippen LogP contribution in [0, 0.1) is 6.92 Å². The summed E-state index contributed by atoms with van der Waals surface area (Å²) in [6, 6.07) is 15.2. The second-order valence-corrected chi connectivity index (χ2v) is 6.94. The van der Waals surface area contributed by atoms with Crippen LogP contribution in [0.25, 0.3) is 0 Å². The summed E-state index contributed by atoms with van der Waals surface area (Å²) < 4.78 is 10.7. The Kier molecular flexibility index (Phi) is 5.99. The molecule has 2 aromatic rings. The van der Waals surface area contributed by atoms with Crippen LogP contribution in [0.5, 0.6) is 5.75 Å². The van der Waals surface area contributed by atoms with Gasteiger partial charge in [-0.1, -0.05) is 24.3 Å². The van der Waals surface area contributed by atoms with E-state index in [2.05, 4.69) is 5.32 Å². The zero-order valence-corrected chi connectivity index (χ0v) is 17.3. The van der Waals surface area contributed by atoms with Gasteiger partial charge >= 0.3 is 5.97 Å². The molecule has 1 N–H and O–H groups in total. The van der Waals surface area contributed by atoms with Crippen molar-refractivity contribution in [2.75, 3.05) is 18.6 Å². The fourth-order valence-electron chi connectivity index (χ4n) is 3.37. The Morgan fingerprint density at radius 3 is 2.61 bits per heavy atom. The second-order valence-electron chi connectivity index (χ2n) is 6.55. The molecule has 1 aliphatic rings. The lowest BCUT2D eigenvalue weighted by atomic mass is 9.94. The molecule has 0 bridgehead atoms. The molecule has 1 aliphatic heterocycles. The van der Waals surface area contributed by atoms with Crippen LogP contribution in [-0.4, -0.2) is 24.8 Å². The first-order valence-electron chi connectivity index (χ1n) is 9.15. The number of ether oxygens (including phenoxy) is 2. The lowest BCUT2D eigenvalue weighted by Crippen LogP contribution is -2.48. The SMILES string of the molecule is CCOC(=O)C1=C(C)N(c2cccc(C)c2)C(=S)NC1c1cccc(OC)c1. The molecule has 1 atom stereocenters. The number of methoxy groups -OCH3 is 1. The number of carbonyl (C=O) groups is 1. The summed E-state index contributed by atoms with van der Waals surface area (Å²) in [7, 11) is 1.62. The fraction of sp³-hybridized carbons (Fsp3) is 0.273. The molecule has 28 heavy (non-hydrogen) atoms. The van der Waals surface area contributed by atoms with Gasteiger partial charge in [-0.05, 0) is 68.4 Å². The van der Waals surface area contributed by atoms with Gasteiger partial charge in [-0.15, -0.1) is 0 Å². The number of carbonyl (C=O) groups excluding carboxylic acids is 1. The number of benzene rings is 2. The minimum atomic E-state index is -0.414. The smallest absolute Gasteiger partial charge is 0.338 e. The van der Waals surface area contributed by atoms with Crippen LogP contribution in [0.2, 0.25) is 0 Å². The van der Waals surface area contributed by atoms with E-state index in [1.807, 2.05) is 67.3 Å². The molecular weight excluding hydrogens is 372 g/mol. The molecule has 0 radical (unpaired) electrons. The third-order valence-electron chi connectivity index (χ3n) is 4.67. The predicted octanol–water partition coefficient (Wildman–Crippen LogP) is 4.28. The van der Waals surface area contributed by atoms with E-state index in [4.69, 9.17) is 21.7 Å². The summed E-state index contributed by atoms with van der Waals surface area (Å²) >= 11 is 5.67. The highest BCUT2D eigenvalue weighted by Gasteiger charge is 2.35. The normalized spacial score (nSPS) is 16.6. The molecule has 5 nitrogen and oxygen atoms in total. The molecule has 0 aliphatic carbocycles. The Hall–Kier alpha value is -2.86. The van der Waals surface area contributed by atoms with Crippen molar-refractivity contribution in [3.05, 3.63) is 70.9 Å². The number of hydrogen-bond acceptors (Lipinski definition) is 4. The van der Waals surface area contributed by atoms with Crippen molar-refractivity contribution in [2.45, 2.75) is 26.8 Å². The van der Waals surface area contributed by atoms with E-state index in [1.54, 1.807) is 14.0 Å². The van der Waals surface area contributed by atoms with Crippen molar-refractivity contribution in [1.29, 1.82) is 0 Å². The third kappa shape index (κ3) is 3.87. The molecule has 0 fully saturated rings. The van der Waals surface area contributed by atoms with Gasteiger partial charge in [0.25, 0.3) is 0 Å². The molecule has 146 valence electrons. The maximum atomic E-state index is 12.9. The predicted molar refractivity (Wildman–Crippen MR) is 114 cm³/mol. The number of hydrogen-bond donors (Lipinski definition) is 1. The number of esters is 1. The van der Waals surface area contributed by atoms with Crippen molar-refractivity contribution in [3.8, 4) is 5.75 Å². The molecule has 2 aromatic carbocycles. The van der Waals surface area contributed by atoms with Crippen LogP contribution in [0.15, 0.2) is 59.8 Å². The van der Waals surface area contributed by atoms with E-state index >= 15 is 0 Å². The summed E-state index contributed by atoms with van der Waals surface area (Å²) in [6.07, 6.45) is 0. The molecule has 1 unspecified atom stereocenters. The molecule has 3 rings (SSSR count). The van der Waals surface area contributed by atoms with Gasteiger partial charge in [-0.25, -0.2) is 4.79 Å². The standard InChI is InChI=1S/C22H24N2O3S/c1-5-27-21(25)19-15(3)24(17-10-6-8-14(2)12-17)22(28)23-20(19)16-9-7-11-18(13-16)26-4/h6-13,20H,5H2,1-4H3,(H,23,28). The van der Waals surface area contributed by atoms with Crippen molar-refractivity contribution < 1.29 is 14.3 Å². The van der Waals surface area contributed by atoms with Crippen molar-refractivity contribution >= 4 is 29.0 Å². The Bertz CT molecular complexity index is 939. The van der Waals surface area contributed by atoms with E-state index in [0.717, 1.165) is 22.5 Å². The number of anilines is 1. The summed E-state index contributed by atoms with van der Waals surface area (Å²) in [5, 5.41) is 3.85. The average molecular weight is 397 g/mol. The lowest BCUT2D eigenvalue weighted by Gasteiger charge is -2.37. The first kappa shape index (κ1) is 19.9. The van der Waals surface area contributed by atoms with Gasteiger partial charge in [-0.3, -0.25) is 4.90 Å². The first-order valence-corrected chi connectivity index (χ1v) is 9.56. The largest absolute Gasteiger partial charge is 0.497 e. The monoisotopic (exact) mass is 396 g/mol. The topological polar surface area (TPSA) is 50.8 Å². The molecule has 0 amide bonds. The summed E-state index contributed by atoms with van der Waals surface area (Å²) in [6.45, 7) is 6.02. The van der Waals surface area contributed by atoms with E-state index in [-0.39, 0.29) is 5.97 Å². The minimum absolute atomic E-state index is 0.301. The molecular formula is C22H24N2O3S. The third-order valence-corrected chi connectivity index (χ3v) is 4.97. The first-order chi connectivity index (χ1) is 13.5. The number of thiocarbonyl (C=S) groups is 1. The number of allylic oxidation sites excluding steroid dienone is 1. The Labute approximate surface area is 170 Å². The zero-order chi connectivity index (χ0) is 20.3. The van der Waals surface area contributed by atoms with Crippen LogP contribution >= 0.6 is 12.2 Å². The Balaban J connectivity index is 2.14. The fourth-order valence-corrected chi connectivity index (χ4v) is 3.73. The average Bonchev–Trinajstić information content (AvgIpc) is 2.67. The maximum Gasteiger partial charge on any atom is 0.338 e. The Morgan fingerprint density at radius 2 is 1.93 bits per heavy atom. The summed E-state index contributed by atoms with van der Waals surface area (Å²) in [4.78, 5) is 14.8. The van der Waals surface area contributed by atoms with Gasteiger partial charge in [0.1, 0.15) is 5.75 Å². The Morgan fingerprint density at radius 1 is 1.18 bits per heavy atom. The van der Waals surface area contributed by atoms with Crippen molar-refractivity contribution in [2.24, 2.45) is 0 Å². The van der Waals surface area contributed by atoms with Crippen LogP contribution in [0.4, 0.5) is 5.69 Å². The number of aryl methyl sites for hydroxylation is 1. The summed E-state index contributed by atoms with van der Waals surface area (Å²) in [5.74, 6) is 0.354. The molecule has 1 heterocycles. The minimum Gasteiger partial charge on any atom is -0.497 e. The van der Waals surface area contributed by atoms with Crippen LogP contribution in [0.1, 0.15) is 31.0 Å². The quantitative estimate of drug-likeness (QED) is 0.601. The number of nitrogens with zero attached hydrogens (tertiary/aromatic N) is 1. The highest BCUT2D eigenvalue weighted by atomic mass is 32.1. The highest BCUT2D eigenvalue weighted by molar-refractivity contribution is 7.80. The van der Waals surface area contributed by atoms with Gasteiger partial charge in [-0.2, -0.15) is 0 Å². The maximum absolute atomic E-state index is 12.9. The van der Waals surface area contributed by atoms with E-state index < -0.39 is 6.04 Å². The summed E-state index contributed by atoms with van der Waals surface area (Å²) in [5.41, 5.74) is 4.18. The number of nitrogens with one attached hydrogen (secondary N) is 1. The van der Waals surface area contributed by atoms with Crippen LogP contribution in [-0.2, 0) is 9.53 Å². The van der Waals surface area contributed by atoms with E-state index in [1.165, 1.54) is 0 Å². The van der Waals surface area contributed by atoms with Gasteiger partial charge in [0.15, 0.2) is 5.11 Å². The van der Waals surface area contributed by atoms with Gasteiger partial charge in [0.05, 0.1) is 25.3 Å². The van der Waals surface area contributed by atoms with Crippen LogP contribution in [0.3, 0.4) is 0 Å². The van der Waals surface area contributed by atoms with Crippen molar-refractivity contribution in [1.82, 2.24) is 5.32 Å². The second kappa shape index (κ2) is 8.44. The van der Waals surface area contributed by atoms with E-state index in [9.17, 15) is 4.79 Å². The van der Waals surface area contributed by atoms with Gasteiger partial charge < -0.3 is 14.8 Å².